The van der Waals surface area contributed by atoms with Crippen molar-refractivity contribution in [2.24, 2.45) is 0 Å². The van der Waals surface area contributed by atoms with E-state index >= 15 is 0 Å². The second kappa shape index (κ2) is 6.15. The molecule has 0 atom stereocenters. The Bertz CT molecular complexity index is 236. The summed E-state index contributed by atoms with van der Waals surface area (Å²) in [5, 5.41) is 0. The first-order valence-corrected chi connectivity index (χ1v) is 7.66. The molecule has 0 spiro atoms. The van der Waals surface area contributed by atoms with Crippen molar-refractivity contribution in [3.05, 3.63) is 0 Å². The zero-order valence-electron chi connectivity index (χ0n) is 10.8. The molecule has 1 aliphatic rings. The van der Waals surface area contributed by atoms with E-state index in [1.807, 2.05) is 32.4 Å². The third-order valence-electron chi connectivity index (χ3n) is 2.37. The lowest BCUT2D eigenvalue weighted by Crippen LogP contribution is -2.30. The number of rotatable bonds is 5. The number of nitrogens with zero attached hydrogens (tertiary/aromatic N) is 1. The van der Waals surface area contributed by atoms with Crippen LogP contribution in [0, 0.1) is 0 Å². The van der Waals surface area contributed by atoms with Crippen LogP contribution in [0.2, 0.25) is 0 Å². The second-order valence-corrected chi connectivity index (χ2v) is 6.72. The third-order valence-corrected chi connectivity index (χ3v) is 4.84. The topological polar surface area (TPSA) is 38.8 Å². The summed E-state index contributed by atoms with van der Waals surface area (Å²) < 4.78 is 25.7. The van der Waals surface area contributed by atoms with Crippen LogP contribution in [0.3, 0.4) is 0 Å². The van der Waals surface area contributed by atoms with Gasteiger partial charge in [0.15, 0.2) is 0 Å². The van der Waals surface area contributed by atoms with Crippen molar-refractivity contribution in [2.45, 2.75) is 59.2 Å². The first-order chi connectivity index (χ1) is 7.44. The molecule has 0 aliphatic carbocycles. The molecule has 1 saturated heterocycles. The minimum Gasteiger partial charge on any atom is -0.294 e. The SMILES string of the molecule is CC(C)OP(=O)(OC(C)C)N1CCCCC1. The van der Waals surface area contributed by atoms with Crippen molar-refractivity contribution in [3.8, 4) is 0 Å². The van der Waals surface area contributed by atoms with E-state index in [9.17, 15) is 4.57 Å². The molecule has 1 fully saturated rings. The molecule has 0 aromatic carbocycles. The number of hydrogen-bond donors (Lipinski definition) is 0. The highest BCUT2D eigenvalue weighted by Crippen LogP contribution is 2.54. The highest BCUT2D eigenvalue weighted by Gasteiger charge is 2.36. The van der Waals surface area contributed by atoms with Gasteiger partial charge in [-0.15, -0.1) is 0 Å². The molecule has 0 unspecified atom stereocenters. The minimum atomic E-state index is -3.07. The molecule has 4 nitrogen and oxygen atoms in total. The molecule has 96 valence electrons. The van der Waals surface area contributed by atoms with Crippen LogP contribution >= 0.6 is 7.75 Å². The van der Waals surface area contributed by atoms with Crippen LogP contribution in [0.25, 0.3) is 0 Å². The normalized spacial score (nSPS) is 19.6. The number of hydrogen-bond acceptors (Lipinski definition) is 3. The number of piperidine rings is 1. The summed E-state index contributed by atoms with van der Waals surface area (Å²) in [6, 6.07) is 0. The molecule has 5 heteroatoms. The molecular weight excluding hydrogens is 225 g/mol. The smallest absolute Gasteiger partial charge is 0.294 e. The van der Waals surface area contributed by atoms with Crippen LogP contribution in [0.5, 0.6) is 0 Å². The van der Waals surface area contributed by atoms with Crippen molar-refractivity contribution in [1.29, 1.82) is 0 Å². The van der Waals surface area contributed by atoms with Gasteiger partial charge in [0.25, 0.3) is 0 Å². The molecule has 0 bridgehead atoms. The van der Waals surface area contributed by atoms with Gasteiger partial charge in [-0.05, 0) is 40.5 Å². The Hall–Kier alpha value is 0.110. The van der Waals surface area contributed by atoms with Gasteiger partial charge in [0.1, 0.15) is 0 Å². The summed E-state index contributed by atoms with van der Waals surface area (Å²) in [5.41, 5.74) is 0. The Morgan fingerprint density at radius 1 is 0.938 bits per heavy atom. The maximum Gasteiger partial charge on any atom is 0.408 e. The van der Waals surface area contributed by atoms with Gasteiger partial charge < -0.3 is 0 Å². The van der Waals surface area contributed by atoms with Gasteiger partial charge in [0, 0.05) is 13.1 Å². The third kappa shape index (κ3) is 4.17. The second-order valence-electron chi connectivity index (χ2n) is 4.79. The fourth-order valence-electron chi connectivity index (χ4n) is 1.81. The van der Waals surface area contributed by atoms with Crippen LogP contribution in [-0.2, 0) is 13.6 Å². The van der Waals surface area contributed by atoms with E-state index in [1.54, 1.807) is 0 Å². The Morgan fingerprint density at radius 3 is 1.75 bits per heavy atom. The molecule has 0 aromatic rings. The Morgan fingerprint density at radius 2 is 1.38 bits per heavy atom. The molecule has 1 heterocycles. The lowest BCUT2D eigenvalue weighted by atomic mass is 10.2. The predicted molar refractivity (Wildman–Crippen MR) is 65.5 cm³/mol. The lowest BCUT2D eigenvalue weighted by molar-refractivity contribution is 0.100. The molecule has 1 rings (SSSR count). The highest BCUT2D eigenvalue weighted by atomic mass is 31.2. The molecule has 0 saturated carbocycles. The van der Waals surface area contributed by atoms with Crippen LogP contribution in [0.1, 0.15) is 47.0 Å². The van der Waals surface area contributed by atoms with E-state index < -0.39 is 7.75 Å². The Balaban J connectivity index is 2.71. The van der Waals surface area contributed by atoms with Crippen molar-refractivity contribution in [2.75, 3.05) is 13.1 Å². The highest BCUT2D eigenvalue weighted by molar-refractivity contribution is 7.51. The molecule has 16 heavy (non-hydrogen) atoms. The lowest BCUT2D eigenvalue weighted by Gasteiger charge is -2.34. The van der Waals surface area contributed by atoms with Crippen LogP contribution in [-0.4, -0.2) is 30.0 Å². The van der Waals surface area contributed by atoms with Gasteiger partial charge >= 0.3 is 7.75 Å². The predicted octanol–water partition coefficient (Wildman–Crippen LogP) is 3.43. The average Bonchev–Trinajstić information content (AvgIpc) is 2.16. The van der Waals surface area contributed by atoms with Crippen LogP contribution in [0.4, 0.5) is 0 Å². The molecule has 0 amide bonds. The van der Waals surface area contributed by atoms with Crippen molar-refractivity contribution < 1.29 is 13.6 Å². The van der Waals surface area contributed by atoms with Crippen molar-refractivity contribution in [1.82, 2.24) is 4.67 Å². The van der Waals surface area contributed by atoms with E-state index in [-0.39, 0.29) is 12.2 Å². The summed E-state index contributed by atoms with van der Waals surface area (Å²) in [6.45, 7) is 9.19. The maximum atomic E-state index is 12.7. The summed E-state index contributed by atoms with van der Waals surface area (Å²) in [4.78, 5) is 0. The monoisotopic (exact) mass is 249 g/mol. The first-order valence-electron chi connectivity index (χ1n) is 6.16. The molecule has 1 aliphatic heterocycles. The van der Waals surface area contributed by atoms with Gasteiger partial charge in [-0.2, -0.15) is 0 Å². The Labute approximate surface area is 98.9 Å². The molecule has 0 radical (unpaired) electrons. The Kier molecular flexibility index (Phi) is 5.45. The van der Waals surface area contributed by atoms with Crippen molar-refractivity contribution in [3.63, 3.8) is 0 Å². The quantitative estimate of drug-likeness (QED) is 0.700. The van der Waals surface area contributed by atoms with E-state index in [0.717, 1.165) is 25.9 Å². The van der Waals surface area contributed by atoms with Gasteiger partial charge in [0.2, 0.25) is 0 Å². The summed E-state index contributed by atoms with van der Waals surface area (Å²) in [5.74, 6) is 0. The largest absolute Gasteiger partial charge is 0.408 e. The first kappa shape index (κ1) is 14.2. The fraction of sp³-hybridized carbons (Fsp3) is 1.00. The zero-order chi connectivity index (χ0) is 12.2. The standard InChI is InChI=1S/C11H24NO3P/c1-10(2)14-16(13,15-11(3)4)12-8-6-5-7-9-12/h10-11H,5-9H2,1-4H3. The van der Waals surface area contributed by atoms with Crippen molar-refractivity contribution >= 4 is 7.75 Å². The maximum absolute atomic E-state index is 12.7. The average molecular weight is 249 g/mol. The van der Waals surface area contributed by atoms with Gasteiger partial charge in [-0.25, -0.2) is 9.24 Å². The summed E-state index contributed by atoms with van der Waals surface area (Å²) in [6.07, 6.45) is 3.21. The van der Waals surface area contributed by atoms with E-state index in [1.165, 1.54) is 6.42 Å². The van der Waals surface area contributed by atoms with Crippen LogP contribution < -0.4 is 0 Å². The van der Waals surface area contributed by atoms with Gasteiger partial charge in [-0.1, -0.05) is 6.42 Å². The minimum absolute atomic E-state index is 0.0773. The van der Waals surface area contributed by atoms with E-state index in [0.29, 0.717) is 0 Å². The molecule has 0 N–H and O–H groups in total. The van der Waals surface area contributed by atoms with E-state index in [4.69, 9.17) is 9.05 Å². The summed E-state index contributed by atoms with van der Waals surface area (Å²) in [7, 11) is -3.07. The fourth-order valence-corrected chi connectivity index (χ4v) is 3.97. The van der Waals surface area contributed by atoms with E-state index in [2.05, 4.69) is 0 Å². The molecular formula is C11H24NO3P. The van der Waals surface area contributed by atoms with Gasteiger partial charge in [0.05, 0.1) is 12.2 Å². The van der Waals surface area contributed by atoms with Crippen LogP contribution in [0.15, 0.2) is 0 Å². The molecule has 0 aromatic heterocycles. The summed E-state index contributed by atoms with van der Waals surface area (Å²) >= 11 is 0. The zero-order valence-corrected chi connectivity index (χ0v) is 11.7. The van der Waals surface area contributed by atoms with Gasteiger partial charge in [-0.3, -0.25) is 9.05 Å².